The molecule has 2 rings (SSSR count). The zero-order valence-corrected chi connectivity index (χ0v) is 14.7. The van der Waals surface area contributed by atoms with Crippen LogP contribution < -0.4 is 10.6 Å². The molecule has 0 aliphatic carbocycles. The van der Waals surface area contributed by atoms with E-state index in [1.807, 2.05) is 32.0 Å². The van der Waals surface area contributed by atoms with Gasteiger partial charge in [0.2, 0.25) is 5.91 Å². The quantitative estimate of drug-likeness (QED) is 0.875. The van der Waals surface area contributed by atoms with E-state index >= 15 is 0 Å². The summed E-state index contributed by atoms with van der Waals surface area (Å²) in [5.74, 6) is -0.632. The molecule has 0 saturated carbocycles. The first-order valence-corrected chi connectivity index (χ1v) is 9.02. The molecule has 0 heterocycles. The second kappa shape index (κ2) is 7.88. The van der Waals surface area contributed by atoms with Crippen molar-refractivity contribution >= 4 is 28.3 Å². The van der Waals surface area contributed by atoms with E-state index in [1.165, 1.54) is 0 Å². The minimum Gasteiger partial charge on any atom is -0.343 e. The van der Waals surface area contributed by atoms with Crippen LogP contribution in [0.3, 0.4) is 0 Å². The molecule has 0 aliphatic rings. The van der Waals surface area contributed by atoms with Crippen molar-refractivity contribution in [3.63, 3.8) is 0 Å². The van der Waals surface area contributed by atoms with Gasteiger partial charge in [-0.25, -0.2) is 0 Å². The number of para-hydroxylation sites is 1. The fraction of sp³-hybridized carbons (Fsp3) is 0.222. The molecule has 2 amide bonds. The van der Waals surface area contributed by atoms with Crippen molar-refractivity contribution in [1.29, 1.82) is 0 Å². The third-order valence-corrected chi connectivity index (χ3v) is 4.54. The van der Waals surface area contributed by atoms with Crippen molar-refractivity contribution in [3.05, 3.63) is 59.2 Å². The molecule has 0 bridgehead atoms. The van der Waals surface area contributed by atoms with Crippen molar-refractivity contribution in [1.82, 2.24) is 5.32 Å². The fourth-order valence-corrected chi connectivity index (χ4v) is 2.78. The van der Waals surface area contributed by atoms with Gasteiger partial charge in [0.25, 0.3) is 5.91 Å². The molecular formula is C18H20N2O3S. The first kappa shape index (κ1) is 17.9. The Labute approximate surface area is 143 Å². The number of benzene rings is 2. The van der Waals surface area contributed by atoms with Crippen LogP contribution in [-0.2, 0) is 15.6 Å². The summed E-state index contributed by atoms with van der Waals surface area (Å²) < 4.78 is 11.3. The highest BCUT2D eigenvalue weighted by atomic mass is 32.2. The average molecular weight is 344 g/mol. The summed E-state index contributed by atoms with van der Waals surface area (Å²) >= 11 is 0. The average Bonchev–Trinajstić information content (AvgIpc) is 2.56. The maximum Gasteiger partial charge on any atom is 0.251 e. The second-order valence-corrected chi connectivity index (χ2v) is 6.86. The predicted molar refractivity (Wildman–Crippen MR) is 95.7 cm³/mol. The number of amides is 2. The monoisotopic (exact) mass is 344 g/mol. The van der Waals surface area contributed by atoms with Gasteiger partial charge in [-0.2, -0.15) is 0 Å². The molecule has 5 nitrogen and oxygen atoms in total. The van der Waals surface area contributed by atoms with Gasteiger partial charge in [0.15, 0.2) is 0 Å². The molecule has 0 spiro atoms. The number of aryl methyl sites for hydroxylation is 2. The highest BCUT2D eigenvalue weighted by Crippen LogP contribution is 2.19. The van der Waals surface area contributed by atoms with Gasteiger partial charge in [0, 0.05) is 33.2 Å². The van der Waals surface area contributed by atoms with Crippen LogP contribution in [0.1, 0.15) is 21.5 Å². The molecular weight excluding hydrogens is 324 g/mol. The first-order chi connectivity index (χ1) is 11.4. The van der Waals surface area contributed by atoms with Gasteiger partial charge < -0.3 is 10.6 Å². The van der Waals surface area contributed by atoms with Crippen LogP contribution in [0, 0.1) is 13.8 Å². The molecule has 2 aromatic carbocycles. The van der Waals surface area contributed by atoms with Crippen molar-refractivity contribution in [2.45, 2.75) is 18.7 Å². The van der Waals surface area contributed by atoms with E-state index in [0.29, 0.717) is 10.5 Å². The van der Waals surface area contributed by atoms with Crippen LogP contribution in [0.25, 0.3) is 0 Å². The summed E-state index contributed by atoms with van der Waals surface area (Å²) in [6, 6.07) is 12.2. The van der Waals surface area contributed by atoms with Crippen molar-refractivity contribution in [2.75, 3.05) is 18.1 Å². The van der Waals surface area contributed by atoms with E-state index in [9.17, 15) is 13.8 Å². The molecule has 24 heavy (non-hydrogen) atoms. The van der Waals surface area contributed by atoms with E-state index in [2.05, 4.69) is 10.6 Å². The molecule has 0 radical (unpaired) electrons. The first-order valence-electron chi connectivity index (χ1n) is 7.46. The standard InChI is InChI=1S/C18H20N2O3S/c1-12-5-4-6-13(2)17(12)20-16(21)11-19-18(22)14-7-9-15(10-8-14)24(3)23/h4-10H,11H2,1-3H3,(H,19,22)(H,20,21). The van der Waals surface area contributed by atoms with Gasteiger partial charge >= 0.3 is 0 Å². The molecule has 0 saturated heterocycles. The molecule has 1 unspecified atom stereocenters. The maximum atomic E-state index is 12.0. The van der Waals surface area contributed by atoms with Gasteiger partial charge in [-0.3, -0.25) is 13.8 Å². The molecule has 0 aliphatic heterocycles. The van der Waals surface area contributed by atoms with Crippen molar-refractivity contribution in [2.24, 2.45) is 0 Å². The number of hydrogen-bond acceptors (Lipinski definition) is 3. The zero-order valence-electron chi connectivity index (χ0n) is 13.9. The third kappa shape index (κ3) is 4.52. The van der Waals surface area contributed by atoms with Crippen LogP contribution in [0.15, 0.2) is 47.4 Å². The molecule has 0 aromatic heterocycles. The highest BCUT2D eigenvalue weighted by molar-refractivity contribution is 7.84. The lowest BCUT2D eigenvalue weighted by molar-refractivity contribution is -0.115. The number of carbonyl (C=O) groups is 2. The van der Waals surface area contributed by atoms with E-state index in [0.717, 1.165) is 16.8 Å². The Hall–Kier alpha value is -2.47. The van der Waals surface area contributed by atoms with Crippen LogP contribution >= 0.6 is 0 Å². The summed E-state index contributed by atoms with van der Waals surface area (Å²) in [5, 5.41) is 5.40. The van der Waals surface area contributed by atoms with E-state index in [4.69, 9.17) is 0 Å². The number of carbonyl (C=O) groups excluding carboxylic acids is 2. The van der Waals surface area contributed by atoms with Crippen LogP contribution in [-0.4, -0.2) is 28.8 Å². The SMILES string of the molecule is Cc1cccc(C)c1NC(=O)CNC(=O)c1ccc(S(C)=O)cc1. The molecule has 6 heteroatoms. The smallest absolute Gasteiger partial charge is 0.251 e. The minimum atomic E-state index is -1.08. The lowest BCUT2D eigenvalue weighted by Crippen LogP contribution is -2.33. The third-order valence-electron chi connectivity index (χ3n) is 3.60. The number of nitrogens with one attached hydrogen (secondary N) is 2. The summed E-state index contributed by atoms with van der Waals surface area (Å²) in [6.07, 6.45) is 1.58. The topological polar surface area (TPSA) is 75.3 Å². The summed E-state index contributed by atoms with van der Waals surface area (Å²) in [7, 11) is -1.08. The minimum absolute atomic E-state index is 0.117. The Morgan fingerprint density at radius 2 is 1.58 bits per heavy atom. The number of hydrogen-bond donors (Lipinski definition) is 2. The Bertz CT molecular complexity index is 765. The second-order valence-electron chi connectivity index (χ2n) is 5.48. The number of anilines is 1. The lowest BCUT2D eigenvalue weighted by atomic mass is 10.1. The Balaban J connectivity index is 1.94. The van der Waals surface area contributed by atoms with Crippen LogP contribution in [0.2, 0.25) is 0 Å². The maximum absolute atomic E-state index is 12.0. The van der Waals surface area contributed by atoms with Crippen molar-refractivity contribution < 1.29 is 13.8 Å². The molecule has 126 valence electrons. The van der Waals surface area contributed by atoms with E-state index < -0.39 is 10.8 Å². The Morgan fingerprint density at radius 3 is 2.12 bits per heavy atom. The Kier molecular flexibility index (Phi) is 5.87. The number of rotatable bonds is 5. The summed E-state index contributed by atoms with van der Waals surface area (Å²) in [6.45, 7) is 3.72. The molecule has 2 aromatic rings. The Morgan fingerprint density at radius 1 is 1.00 bits per heavy atom. The molecule has 1 atom stereocenters. The van der Waals surface area contributed by atoms with Gasteiger partial charge in [-0.05, 0) is 49.2 Å². The summed E-state index contributed by atoms with van der Waals surface area (Å²) in [4.78, 5) is 24.7. The zero-order chi connectivity index (χ0) is 17.7. The fourth-order valence-electron chi connectivity index (χ4n) is 2.26. The van der Waals surface area contributed by atoms with E-state index in [-0.39, 0.29) is 18.4 Å². The van der Waals surface area contributed by atoms with Crippen LogP contribution in [0.4, 0.5) is 5.69 Å². The van der Waals surface area contributed by atoms with E-state index in [1.54, 1.807) is 30.5 Å². The molecule has 2 N–H and O–H groups in total. The lowest BCUT2D eigenvalue weighted by Gasteiger charge is -2.12. The normalized spacial score (nSPS) is 11.6. The van der Waals surface area contributed by atoms with Crippen molar-refractivity contribution in [3.8, 4) is 0 Å². The van der Waals surface area contributed by atoms with Gasteiger partial charge in [0.1, 0.15) is 0 Å². The van der Waals surface area contributed by atoms with Gasteiger partial charge in [0.05, 0.1) is 6.54 Å². The highest BCUT2D eigenvalue weighted by Gasteiger charge is 2.10. The molecule has 0 fully saturated rings. The largest absolute Gasteiger partial charge is 0.343 e. The van der Waals surface area contributed by atoms with Gasteiger partial charge in [-0.1, -0.05) is 18.2 Å². The predicted octanol–water partition coefficient (Wildman–Crippen LogP) is 2.41. The van der Waals surface area contributed by atoms with Crippen LogP contribution in [0.5, 0.6) is 0 Å². The van der Waals surface area contributed by atoms with Gasteiger partial charge in [-0.15, -0.1) is 0 Å². The summed E-state index contributed by atoms with van der Waals surface area (Å²) in [5.41, 5.74) is 3.13.